The van der Waals surface area contributed by atoms with Gasteiger partial charge in [0.1, 0.15) is 0 Å². The van der Waals surface area contributed by atoms with Crippen molar-refractivity contribution >= 4 is 0 Å². The van der Waals surface area contributed by atoms with Crippen molar-refractivity contribution in [3.63, 3.8) is 0 Å². The van der Waals surface area contributed by atoms with Crippen molar-refractivity contribution in [1.82, 2.24) is 0 Å². The average Bonchev–Trinajstić information content (AvgIpc) is 2.49. The molecule has 0 spiro atoms. The topological polar surface area (TPSA) is 49.8 Å². The van der Waals surface area contributed by atoms with Gasteiger partial charge in [0.2, 0.25) is 0 Å². The Morgan fingerprint density at radius 3 is 2.37 bits per heavy atom. The SMILES string of the molecule is N#CC(CCCN)c1ccccc1-c1ccccc1. The molecule has 96 valence electrons. The maximum Gasteiger partial charge on any atom is 0.0719 e. The van der Waals surface area contributed by atoms with Gasteiger partial charge in [0.15, 0.2) is 0 Å². The van der Waals surface area contributed by atoms with Crippen LogP contribution in [0.1, 0.15) is 24.3 Å². The first-order chi connectivity index (χ1) is 9.36. The minimum Gasteiger partial charge on any atom is -0.330 e. The molecule has 2 aromatic rings. The van der Waals surface area contributed by atoms with E-state index in [0.717, 1.165) is 29.5 Å². The fourth-order valence-electron chi connectivity index (χ4n) is 2.29. The van der Waals surface area contributed by atoms with Crippen molar-refractivity contribution in [2.75, 3.05) is 6.54 Å². The van der Waals surface area contributed by atoms with E-state index in [1.165, 1.54) is 0 Å². The molecule has 2 aromatic carbocycles. The van der Waals surface area contributed by atoms with Crippen LogP contribution in [0, 0.1) is 11.3 Å². The Morgan fingerprint density at radius 2 is 1.68 bits per heavy atom. The van der Waals surface area contributed by atoms with Gasteiger partial charge < -0.3 is 5.73 Å². The zero-order valence-corrected chi connectivity index (χ0v) is 10.9. The van der Waals surface area contributed by atoms with Crippen molar-refractivity contribution in [1.29, 1.82) is 5.26 Å². The summed E-state index contributed by atoms with van der Waals surface area (Å²) in [6.45, 7) is 0.631. The summed E-state index contributed by atoms with van der Waals surface area (Å²) < 4.78 is 0. The van der Waals surface area contributed by atoms with Crippen LogP contribution in [-0.4, -0.2) is 6.54 Å². The van der Waals surface area contributed by atoms with Gasteiger partial charge in [0.05, 0.1) is 12.0 Å². The van der Waals surface area contributed by atoms with Gasteiger partial charge in [-0.15, -0.1) is 0 Å². The lowest BCUT2D eigenvalue weighted by molar-refractivity contribution is 0.693. The van der Waals surface area contributed by atoms with Gasteiger partial charge in [-0.2, -0.15) is 5.26 Å². The van der Waals surface area contributed by atoms with Crippen LogP contribution in [0.5, 0.6) is 0 Å². The van der Waals surface area contributed by atoms with Gasteiger partial charge in [-0.05, 0) is 36.1 Å². The molecule has 0 aromatic heterocycles. The number of nitrogens with two attached hydrogens (primary N) is 1. The quantitative estimate of drug-likeness (QED) is 0.879. The maximum absolute atomic E-state index is 9.39. The molecule has 1 atom stereocenters. The van der Waals surface area contributed by atoms with Crippen LogP contribution >= 0.6 is 0 Å². The predicted octanol–water partition coefficient (Wildman–Crippen LogP) is 3.70. The molecule has 0 bridgehead atoms. The van der Waals surface area contributed by atoms with Gasteiger partial charge in [-0.3, -0.25) is 0 Å². The normalized spacial score (nSPS) is 11.8. The summed E-state index contributed by atoms with van der Waals surface area (Å²) in [5, 5.41) is 9.39. The van der Waals surface area contributed by atoms with Crippen LogP contribution in [0.4, 0.5) is 0 Å². The molecule has 2 heteroatoms. The van der Waals surface area contributed by atoms with Gasteiger partial charge in [0.25, 0.3) is 0 Å². The second-order valence-corrected chi connectivity index (χ2v) is 4.57. The fraction of sp³-hybridized carbons (Fsp3) is 0.235. The molecule has 2 nitrogen and oxygen atoms in total. The van der Waals surface area contributed by atoms with Crippen molar-refractivity contribution in [3.8, 4) is 17.2 Å². The molecule has 0 saturated carbocycles. The lowest BCUT2D eigenvalue weighted by Gasteiger charge is -2.14. The van der Waals surface area contributed by atoms with Gasteiger partial charge >= 0.3 is 0 Å². The molecule has 0 amide bonds. The molecule has 0 radical (unpaired) electrons. The fourth-order valence-corrected chi connectivity index (χ4v) is 2.29. The lowest BCUT2D eigenvalue weighted by Crippen LogP contribution is -2.04. The highest BCUT2D eigenvalue weighted by Crippen LogP contribution is 2.31. The number of rotatable bonds is 5. The maximum atomic E-state index is 9.39. The minimum atomic E-state index is -0.0834. The van der Waals surface area contributed by atoms with E-state index in [0.29, 0.717) is 6.54 Å². The monoisotopic (exact) mass is 250 g/mol. The molecular formula is C17H18N2. The van der Waals surface area contributed by atoms with Gasteiger partial charge in [-0.25, -0.2) is 0 Å². The summed E-state index contributed by atoms with van der Waals surface area (Å²) in [5.74, 6) is -0.0834. The first kappa shape index (κ1) is 13.3. The summed E-state index contributed by atoms with van der Waals surface area (Å²) in [4.78, 5) is 0. The summed E-state index contributed by atoms with van der Waals surface area (Å²) in [6.07, 6.45) is 1.69. The lowest BCUT2D eigenvalue weighted by atomic mass is 9.88. The van der Waals surface area contributed by atoms with E-state index < -0.39 is 0 Å². The van der Waals surface area contributed by atoms with E-state index in [4.69, 9.17) is 5.73 Å². The molecule has 1 unspecified atom stereocenters. The second-order valence-electron chi connectivity index (χ2n) is 4.57. The van der Waals surface area contributed by atoms with Crippen LogP contribution in [-0.2, 0) is 0 Å². The van der Waals surface area contributed by atoms with E-state index in [2.05, 4.69) is 24.3 Å². The third kappa shape index (κ3) is 3.21. The summed E-state index contributed by atoms with van der Waals surface area (Å²) in [7, 11) is 0. The molecule has 2 N–H and O–H groups in total. The molecule has 0 aliphatic heterocycles. The Balaban J connectivity index is 2.38. The highest BCUT2D eigenvalue weighted by atomic mass is 14.5. The predicted molar refractivity (Wildman–Crippen MR) is 78.5 cm³/mol. The van der Waals surface area contributed by atoms with Crippen LogP contribution in [0.15, 0.2) is 54.6 Å². The Hall–Kier alpha value is -2.11. The van der Waals surface area contributed by atoms with Crippen molar-refractivity contribution in [2.45, 2.75) is 18.8 Å². The third-order valence-corrected chi connectivity index (χ3v) is 3.27. The Kier molecular flexibility index (Phi) is 4.72. The minimum absolute atomic E-state index is 0.0834. The standard InChI is InChI=1S/C17H18N2/c18-12-6-9-15(13-19)17-11-5-4-10-16(17)14-7-2-1-3-8-14/h1-5,7-8,10-11,15H,6,9,12,18H2. The number of benzene rings is 2. The second kappa shape index (κ2) is 6.72. The molecule has 19 heavy (non-hydrogen) atoms. The number of nitrogens with zero attached hydrogens (tertiary/aromatic N) is 1. The average molecular weight is 250 g/mol. The van der Waals surface area contributed by atoms with Crippen LogP contribution < -0.4 is 5.73 Å². The zero-order valence-electron chi connectivity index (χ0n) is 10.9. The molecule has 0 aliphatic rings. The third-order valence-electron chi connectivity index (χ3n) is 3.27. The highest BCUT2D eigenvalue weighted by molar-refractivity contribution is 5.68. The van der Waals surface area contributed by atoms with Crippen molar-refractivity contribution in [3.05, 3.63) is 60.2 Å². The van der Waals surface area contributed by atoms with E-state index in [9.17, 15) is 5.26 Å². The highest BCUT2D eigenvalue weighted by Gasteiger charge is 2.14. The van der Waals surface area contributed by atoms with Crippen LogP contribution in [0.25, 0.3) is 11.1 Å². The number of hydrogen-bond donors (Lipinski definition) is 1. The summed E-state index contributed by atoms with van der Waals surface area (Å²) >= 11 is 0. The van der Waals surface area contributed by atoms with Crippen LogP contribution in [0.3, 0.4) is 0 Å². The molecular weight excluding hydrogens is 232 g/mol. The Labute approximate surface area is 114 Å². The smallest absolute Gasteiger partial charge is 0.0719 e. The van der Waals surface area contributed by atoms with Gasteiger partial charge in [-0.1, -0.05) is 54.6 Å². The van der Waals surface area contributed by atoms with Crippen molar-refractivity contribution in [2.24, 2.45) is 5.73 Å². The first-order valence-electron chi connectivity index (χ1n) is 6.61. The zero-order chi connectivity index (χ0) is 13.5. The van der Waals surface area contributed by atoms with E-state index >= 15 is 0 Å². The summed E-state index contributed by atoms with van der Waals surface area (Å²) in [6, 6.07) is 20.8. The molecule has 0 aliphatic carbocycles. The van der Waals surface area contributed by atoms with E-state index in [1.54, 1.807) is 0 Å². The largest absolute Gasteiger partial charge is 0.330 e. The van der Waals surface area contributed by atoms with Crippen molar-refractivity contribution < 1.29 is 0 Å². The number of hydrogen-bond acceptors (Lipinski definition) is 2. The Bertz CT molecular complexity index is 555. The summed E-state index contributed by atoms with van der Waals surface area (Å²) in [5.41, 5.74) is 8.95. The van der Waals surface area contributed by atoms with Gasteiger partial charge in [0, 0.05) is 0 Å². The molecule has 0 heterocycles. The first-order valence-corrected chi connectivity index (χ1v) is 6.61. The molecule has 0 fully saturated rings. The van der Waals surface area contributed by atoms with E-state index in [1.807, 2.05) is 36.4 Å². The number of nitriles is 1. The Morgan fingerprint density at radius 1 is 1.00 bits per heavy atom. The molecule has 0 saturated heterocycles. The van der Waals surface area contributed by atoms with E-state index in [-0.39, 0.29) is 5.92 Å². The molecule has 2 rings (SSSR count). The van der Waals surface area contributed by atoms with Crippen LogP contribution in [0.2, 0.25) is 0 Å².